The van der Waals surface area contributed by atoms with Gasteiger partial charge in [0.15, 0.2) is 5.78 Å². The molecular formula is C28H37N3O3. The van der Waals surface area contributed by atoms with Crippen LogP contribution < -0.4 is 4.74 Å². The normalized spacial score (nSPS) is 44.6. The molecule has 7 rings (SSSR count). The van der Waals surface area contributed by atoms with E-state index in [1.54, 1.807) is 11.8 Å². The predicted octanol–water partition coefficient (Wildman–Crippen LogP) is 4.64. The lowest BCUT2D eigenvalue weighted by Crippen LogP contribution is -2.50. The lowest BCUT2D eigenvalue weighted by Gasteiger charge is -2.56. The molecule has 5 saturated carbocycles. The zero-order chi connectivity index (χ0) is 23.2. The molecule has 0 bridgehead atoms. The van der Waals surface area contributed by atoms with E-state index in [-0.39, 0.29) is 23.5 Å². The lowest BCUT2D eigenvalue weighted by atomic mass is 9.49. The van der Waals surface area contributed by atoms with Gasteiger partial charge in [0.1, 0.15) is 23.3 Å². The fourth-order valence-electron chi connectivity index (χ4n) is 9.74. The Morgan fingerprint density at radius 1 is 1.06 bits per heavy atom. The Bertz CT molecular complexity index is 1150. The van der Waals surface area contributed by atoms with Gasteiger partial charge in [-0.15, -0.1) is 5.10 Å². The summed E-state index contributed by atoms with van der Waals surface area (Å²) >= 11 is 0. The first-order valence-electron chi connectivity index (χ1n) is 13.5. The van der Waals surface area contributed by atoms with Crippen LogP contribution in [-0.2, 0) is 11.3 Å². The molecule has 5 aliphatic rings. The van der Waals surface area contributed by atoms with Crippen LogP contribution in [0, 0.1) is 46.8 Å². The van der Waals surface area contributed by atoms with E-state index in [2.05, 4.69) is 17.2 Å². The van der Waals surface area contributed by atoms with Crippen LogP contribution in [0.1, 0.15) is 64.7 Å². The molecule has 5 fully saturated rings. The minimum Gasteiger partial charge on any atom is -0.494 e. The third-order valence-electron chi connectivity index (χ3n) is 11.4. The zero-order valence-corrected chi connectivity index (χ0v) is 20.4. The summed E-state index contributed by atoms with van der Waals surface area (Å²) in [4.78, 5) is 13.7. The van der Waals surface area contributed by atoms with Gasteiger partial charge in [0.25, 0.3) is 0 Å². The molecule has 1 unspecified atom stereocenters. The quantitative estimate of drug-likeness (QED) is 0.715. The van der Waals surface area contributed by atoms with E-state index < -0.39 is 0 Å². The third-order valence-corrected chi connectivity index (χ3v) is 11.4. The number of fused-ring (bicyclic) bond motifs is 8. The Labute approximate surface area is 201 Å². The average molecular weight is 464 g/mol. The van der Waals surface area contributed by atoms with Gasteiger partial charge in [0, 0.05) is 5.92 Å². The van der Waals surface area contributed by atoms with Crippen LogP contribution >= 0.6 is 0 Å². The number of ketones is 1. The van der Waals surface area contributed by atoms with Crippen molar-refractivity contribution in [1.82, 2.24) is 15.0 Å². The summed E-state index contributed by atoms with van der Waals surface area (Å²) in [6.07, 6.45) is 10.6. The Morgan fingerprint density at radius 2 is 1.82 bits per heavy atom. The van der Waals surface area contributed by atoms with Crippen LogP contribution in [0.5, 0.6) is 5.75 Å². The van der Waals surface area contributed by atoms with Gasteiger partial charge >= 0.3 is 0 Å². The maximum Gasteiger partial charge on any atom is 0.157 e. The second-order valence-electron chi connectivity index (χ2n) is 12.5. The molecule has 0 saturated heterocycles. The van der Waals surface area contributed by atoms with Gasteiger partial charge in [-0.05, 0) is 111 Å². The number of hydrogen-bond acceptors (Lipinski definition) is 5. The van der Waals surface area contributed by atoms with Crippen molar-refractivity contribution in [3.63, 3.8) is 0 Å². The molecule has 0 radical (unpaired) electrons. The Kier molecular flexibility index (Phi) is 4.57. The summed E-state index contributed by atoms with van der Waals surface area (Å²) in [5, 5.41) is 19.3. The molecule has 6 nitrogen and oxygen atoms in total. The molecule has 9 atom stereocenters. The maximum atomic E-state index is 13.7. The maximum absolute atomic E-state index is 13.7. The summed E-state index contributed by atoms with van der Waals surface area (Å²) < 4.78 is 7.28. The van der Waals surface area contributed by atoms with Gasteiger partial charge in [-0.1, -0.05) is 18.2 Å². The first-order chi connectivity index (χ1) is 16.4. The van der Waals surface area contributed by atoms with E-state index in [0.717, 1.165) is 59.7 Å². The molecular weight excluding hydrogens is 426 g/mol. The number of para-hydroxylation sites is 1. The number of carbonyl (C=O) groups excluding carboxylic acids is 1. The third kappa shape index (κ3) is 2.87. The van der Waals surface area contributed by atoms with Crippen molar-refractivity contribution >= 4 is 16.8 Å². The second kappa shape index (κ2) is 7.28. The lowest BCUT2D eigenvalue weighted by molar-refractivity contribution is -0.131. The van der Waals surface area contributed by atoms with Crippen LogP contribution in [-0.4, -0.2) is 38.6 Å². The van der Waals surface area contributed by atoms with E-state index >= 15 is 0 Å². The van der Waals surface area contributed by atoms with E-state index in [1.165, 1.54) is 38.5 Å². The molecule has 1 heterocycles. The molecule has 1 N–H and O–H groups in total. The van der Waals surface area contributed by atoms with E-state index in [0.29, 0.717) is 17.6 Å². The molecule has 5 aliphatic carbocycles. The first-order valence-corrected chi connectivity index (χ1v) is 13.5. The summed E-state index contributed by atoms with van der Waals surface area (Å²) in [5.74, 6) is 5.59. The number of rotatable bonds is 4. The fraction of sp³-hybridized carbons (Fsp3) is 0.750. The summed E-state index contributed by atoms with van der Waals surface area (Å²) in [6, 6.07) is 5.74. The highest BCUT2D eigenvalue weighted by molar-refractivity contribution is 5.86. The van der Waals surface area contributed by atoms with Crippen LogP contribution in [0.15, 0.2) is 18.2 Å². The van der Waals surface area contributed by atoms with E-state index in [4.69, 9.17) is 4.74 Å². The summed E-state index contributed by atoms with van der Waals surface area (Å²) in [6.45, 7) is 2.71. The predicted molar refractivity (Wildman–Crippen MR) is 128 cm³/mol. The van der Waals surface area contributed by atoms with Crippen LogP contribution in [0.4, 0.5) is 0 Å². The van der Waals surface area contributed by atoms with Gasteiger partial charge in [0.05, 0.1) is 12.7 Å². The fourth-order valence-corrected chi connectivity index (χ4v) is 9.74. The summed E-state index contributed by atoms with van der Waals surface area (Å²) in [7, 11) is 1.65. The summed E-state index contributed by atoms with van der Waals surface area (Å²) in [5.41, 5.74) is 1.41. The van der Waals surface area contributed by atoms with Crippen molar-refractivity contribution in [2.75, 3.05) is 7.11 Å². The smallest absolute Gasteiger partial charge is 0.157 e. The van der Waals surface area contributed by atoms with E-state index in [9.17, 15) is 9.90 Å². The number of hydrogen-bond donors (Lipinski definition) is 1. The molecule has 0 amide bonds. The van der Waals surface area contributed by atoms with Crippen molar-refractivity contribution in [3.05, 3.63) is 18.2 Å². The number of aromatic nitrogens is 3. The molecule has 1 aromatic carbocycles. The molecule has 6 heteroatoms. The van der Waals surface area contributed by atoms with Crippen molar-refractivity contribution in [1.29, 1.82) is 0 Å². The molecule has 0 spiro atoms. The van der Waals surface area contributed by atoms with Gasteiger partial charge < -0.3 is 9.84 Å². The number of Topliss-reactive ketones (excluding diaryl/α,β-unsaturated/α-hetero) is 1. The van der Waals surface area contributed by atoms with Gasteiger partial charge in [-0.2, -0.15) is 0 Å². The number of nitrogens with zero attached hydrogens (tertiary/aromatic N) is 3. The molecule has 0 aliphatic heterocycles. The topological polar surface area (TPSA) is 77.2 Å². The van der Waals surface area contributed by atoms with Crippen molar-refractivity contribution in [3.8, 4) is 5.75 Å². The number of aliphatic hydroxyl groups is 1. The van der Waals surface area contributed by atoms with Crippen molar-refractivity contribution in [2.45, 2.75) is 76.9 Å². The van der Waals surface area contributed by atoms with Gasteiger partial charge in [-0.25, -0.2) is 4.68 Å². The number of ether oxygens (including phenoxy) is 1. The number of carbonyl (C=O) groups is 1. The number of benzene rings is 1. The van der Waals surface area contributed by atoms with Crippen molar-refractivity contribution < 1.29 is 14.6 Å². The average Bonchev–Trinajstić information content (AvgIpc) is 3.18. The highest BCUT2D eigenvalue weighted by Gasteiger charge is 2.65. The standard InChI is InChI=1S/C28H37N3O3/c1-27-12-10-16-17-11-13-28(33)14-22(28)19(17)7-6-18(16)20(27)8-9-21(27)24(32)15-31-26-23(29-30-31)4-3-5-25(26)34-2/h3-5,16-22,33H,6-15H2,1-2H3/t16-,17-,18-,19+,20+,21-,22?,27+,28+/m1/s1. The van der Waals surface area contributed by atoms with Crippen molar-refractivity contribution in [2.24, 2.45) is 46.8 Å². The monoisotopic (exact) mass is 463 g/mol. The zero-order valence-electron chi connectivity index (χ0n) is 20.4. The SMILES string of the molecule is COc1cccc2nnn(CC(=O)[C@H]3CC[C@H]4[C@@H]5CC[C@@H]6C7C[C@@]7(O)CC[C@@H]6[C@H]5CC[C@]34C)c12. The van der Waals surface area contributed by atoms with Gasteiger partial charge in [0.2, 0.25) is 0 Å². The van der Waals surface area contributed by atoms with Gasteiger partial charge in [-0.3, -0.25) is 4.79 Å². The molecule has 34 heavy (non-hydrogen) atoms. The first kappa shape index (κ1) is 21.3. The Morgan fingerprint density at radius 3 is 2.62 bits per heavy atom. The highest BCUT2D eigenvalue weighted by atomic mass is 16.5. The number of methoxy groups -OCH3 is 1. The van der Waals surface area contributed by atoms with Crippen LogP contribution in [0.25, 0.3) is 11.0 Å². The molecule has 1 aromatic heterocycles. The largest absolute Gasteiger partial charge is 0.494 e. The Hall–Kier alpha value is -1.95. The van der Waals surface area contributed by atoms with Crippen LogP contribution in [0.2, 0.25) is 0 Å². The highest BCUT2D eigenvalue weighted by Crippen LogP contribution is 2.68. The molecule has 182 valence electrons. The Balaban J connectivity index is 1.11. The second-order valence-corrected chi connectivity index (χ2v) is 12.5. The van der Waals surface area contributed by atoms with E-state index in [1.807, 2.05) is 18.2 Å². The minimum atomic E-state index is -0.295. The minimum absolute atomic E-state index is 0.112. The van der Waals surface area contributed by atoms with Crippen LogP contribution in [0.3, 0.4) is 0 Å². The molecule has 2 aromatic rings.